The minimum Gasteiger partial charge on any atom is -0.494 e. The zero-order chi connectivity index (χ0) is 20.3. The van der Waals surface area contributed by atoms with Crippen molar-refractivity contribution < 1.29 is 19.0 Å². The minimum absolute atomic E-state index is 0.0591. The molecule has 6 heteroatoms. The fraction of sp³-hybridized carbons (Fsp3) is 0.217. The Morgan fingerprint density at radius 2 is 1.62 bits per heavy atom. The van der Waals surface area contributed by atoms with Crippen molar-refractivity contribution in [3.8, 4) is 17.4 Å². The number of amides is 1. The van der Waals surface area contributed by atoms with Gasteiger partial charge in [-0.05, 0) is 48.4 Å². The minimum atomic E-state index is -0.206. The molecule has 0 fully saturated rings. The quantitative estimate of drug-likeness (QED) is 0.569. The highest BCUT2D eigenvalue weighted by molar-refractivity contribution is 5.77. The van der Waals surface area contributed by atoms with Gasteiger partial charge in [0.2, 0.25) is 5.88 Å². The van der Waals surface area contributed by atoms with E-state index in [-0.39, 0.29) is 12.5 Å². The third kappa shape index (κ3) is 6.84. The van der Waals surface area contributed by atoms with Gasteiger partial charge < -0.3 is 19.5 Å². The third-order valence-electron chi connectivity index (χ3n) is 4.02. The number of hydrogen-bond donors (Lipinski definition) is 1. The molecule has 1 heterocycles. The highest BCUT2D eigenvalue weighted by atomic mass is 16.5. The molecule has 0 spiro atoms. The number of nitrogens with zero attached hydrogens (tertiary/aromatic N) is 1. The first-order chi connectivity index (χ1) is 14.2. The fourth-order valence-corrected chi connectivity index (χ4v) is 2.57. The molecule has 0 unspecified atom stereocenters. The smallest absolute Gasteiger partial charge is 0.258 e. The van der Waals surface area contributed by atoms with Crippen LogP contribution in [0.5, 0.6) is 17.4 Å². The molecule has 0 radical (unpaired) electrons. The van der Waals surface area contributed by atoms with Crippen LogP contribution in [0.2, 0.25) is 0 Å². The Hall–Kier alpha value is -3.54. The van der Waals surface area contributed by atoms with E-state index in [1.807, 2.05) is 61.5 Å². The number of ether oxygens (including phenoxy) is 3. The highest BCUT2D eigenvalue weighted by Crippen LogP contribution is 2.17. The lowest BCUT2D eigenvalue weighted by Gasteiger charge is -2.10. The van der Waals surface area contributed by atoms with Crippen LogP contribution in [0.15, 0.2) is 72.9 Å². The van der Waals surface area contributed by atoms with Crippen LogP contribution in [-0.4, -0.2) is 24.1 Å². The first-order valence-electron chi connectivity index (χ1n) is 9.47. The maximum absolute atomic E-state index is 12.0. The van der Waals surface area contributed by atoms with E-state index in [1.165, 1.54) is 0 Å². The lowest BCUT2D eigenvalue weighted by Crippen LogP contribution is -2.28. The van der Waals surface area contributed by atoms with Crippen LogP contribution in [0, 0.1) is 0 Å². The Labute approximate surface area is 170 Å². The number of aromatic nitrogens is 1. The molecule has 150 valence electrons. The number of pyridine rings is 1. The molecule has 3 aromatic rings. The molecule has 0 saturated carbocycles. The van der Waals surface area contributed by atoms with E-state index in [1.54, 1.807) is 18.3 Å². The molecule has 6 nitrogen and oxygen atoms in total. The van der Waals surface area contributed by atoms with Crippen molar-refractivity contribution in [2.24, 2.45) is 0 Å². The number of nitrogens with one attached hydrogen (secondary N) is 1. The van der Waals surface area contributed by atoms with Crippen molar-refractivity contribution in [2.45, 2.75) is 20.1 Å². The normalized spacial score (nSPS) is 10.2. The van der Waals surface area contributed by atoms with Gasteiger partial charge in [0.05, 0.1) is 6.61 Å². The van der Waals surface area contributed by atoms with E-state index in [4.69, 9.17) is 14.2 Å². The zero-order valence-corrected chi connectivity index (χ0v) is 16.3. The van der Waals surface area contributed by atoms with Crippen LogP contribution in [0.25, 0.3) is 0 Å². The van der Waals surface area contributed by atoms with Crippen molar-refractivity contribution in [1.29, 1.82) is 0 Å². The van der Waals surface area contributed by atoms with E-state index in [0.717, 1.165) is 16.9 Å². The summed E-state index contributed by atoms with van der Waals surface area (Å²) in [5.74, 6) is 1.70. The topological polar surface area (TPSA) is 69.7 Å². The second kappa shape index (κ2) is 10.7. The van der Waals surface area contributed by atoms with Crippen LogP contribution in [0.1, 0.15) is 18.1 Å². The van der Waals surface area contributed by atoms with E-state index in [9.17, 15) is 4.79 Å². The Morgan fingerprint density at radius 3 is 2.34 bits per heavy atom. The van der Waals surface area contributed by atoms with Crippen LogP contribution in [0.4, 0.5) is 0 Å². The van der Waals surface area contributed by atoms with Gasteiger partial charge in [-0.1, -0.05) is 30.3 Å². The van der Waals surface area contributed by atoms with Gasteiger partial charge in [-0.3, -0.25) is 4.79 Å². The Morgan fingerprint density at radius 1 is 0.897 bits per heavy atom. The van der Waals surface area contributed by atoms with Crippen LogP contribution in [-0.2, 0) is 17.9 Å². The Balaban J connectivity index is 1.42. The molecule has 3 rings (SSSR count). The molecule has 0 aliphatic rings. The Bertz CT molecular complexity index is 898. The standard InChI is InChI=1S/C23H24N2O4/c1-2-27-20-8-10-21(11-9-20)28-17-22(26)25-15-19-12-13-24-23(14-19)29-16-18-6-4-3-5-7-18/h3-14H,2,15-17H2,1H3,(H,25,26). The average molecular weight is 392 g/mol. The summed E-state index contributed by atoms with van der Waals surface area (Å²) in [6.07, 6.45) is 1.66. The number of benzene rings is 2. The van der Waals surface area contributed by atoms with Crippen LogP contribution in [0.3, 0.4) is 0 Å². The average Bonchev–Trinajstić information content (AvgIpc) is 2.77. The third-order valence-corrected chi connectivity index (χ3v) is 4.02. The summed E-state index contributed by atoms with van der Waals surface area (Å²) in [5, 5.41) is 2.83. The summed E-state index contributed by atoms with van der Waals surface area (Å²) in [4.78, 5) is 16.3. The van der Waals surface area contributed by atoms with E-state index in [0.29, 0.717) is 31.4 Å². The van der Waals surface area contributed by atoms with Gasteiger partial charge in [0.25, 0.3) is 5.91 Å². The predicted molar refractivity (Wildman–Crippen MR) is 110 cm³/mol. The Kier molecular flexibility index (Phi) is 7.46. The van der Waals surface area contributed by atoms with Crippen molar-refractivity contribution in [1.82, 2.24) is 10.3 Å². The molecule has 1 N–H and O–H groups in total. The van der Waals surface area contributed by atoms with E-state index < -0.39 is 0 Å². The van der Waals surface area contributed by atoms with Gasteiger partial charge in [0, 0.05) is 18.8 Å². The largest absolute Gasteiger partial charge is 0.494 e. The van der Waals surface area contributed by atoms with Crippen molar-refractivity contribution in [3.05, 3.63) is 84.1 Å². The number of carbonyl (C=O) groups excluding carboxylic acids is 1. The summed E-state index contributed by atoms with van der Waals surface area (Å²) >= 11 is 0. The molecule has 0 bridgehead atoms. The summed E-state index contributed by atoms with van der Waals surface area (Å²) in [5.41, 5.74) is 1.97. The first-order valence-corrected chi connectivity index (χ1v) is 9.47. The molecular formula is C23H24N2O4. The van der Waals surface area contributed by atoms with Gasteiger partial charge in [-0.15, -0.1) is 0 Å². The molecule has 1 amide bonds. The monoisotopic (exact) mass is 392 g/mol. The fourth-order valence-electron chi connectivity index (χ4n) is 2.57. The first kappa shape index (κ1) is 20.2. The van der Waals surface area contributed by atoms with Gasteiger partial charge >= 0.3 is 0 Å². The summed E-state index contributed by atoms with van der Waals surface area (Å²) in [7, 11) is 0. The van der Waals surface area contributed by atoms with Crippen LogP contribution >= 0.6 is 0 Å². The molecule has 29 heavy (non-hydrogen) atoms. The molecule has 1 aromatic heterocycles. The van der Waals surface area contributed by atoms with Crippen molar-refractivity contribution >= 4 is 5.91 Å². The second-order valence-electron chi connectivity index (χ2n) is 6.25. The van der Waals surface area contributed by atoms with Gasteiger partial charge in [0.15, 0.2) is 6.61 Å². The second-order valence-corrected chi connectivity index (χ2v) is 6.25. The summed E-state index contributed by atoms with van der Waals surface area (Å²) < 4.78 is 16.6. The molecule has 0 aliphatic heterocycles. The zero-order valence-electron chi connectivity index (χ0n) is 16.3. The van der Waals surface area contributed by atoms with Gasteiger partial charge in [-0.25, -0.2) is 4.98 Å². The molecular weight excluding hydrogens is 368 g/mol. The van der Waals surface area contributed by atoms with E-state index in [2.05, 4.69) is 10.3 Å². The number of rotatable bonds is 10. The molecule has 0 aliphatic carbocycles. The number of carbonyl (C=O) groups is 1. The lowest BCUT2D eigenvalue weighted by molar-refractivity contribution is -0.123. The SMILES string of the molecule is CCOc1ccc(OCC(=O)NCc2ccnc(OCc3ccccc3)c2)cc1. The molecule has 0 saturated heterocycles. The maximum atomic E-state index is 12.0. The van der Waals surface area contributed by atoms with Gasteiger partial charge in [0.1, 0.15) is 18.1 Å². The van der Waals surface area contributed by atoms with Crippen molar-refractivity contribution in [2.75, 3.05) is 13.2 Å². The highest BCUT2D eigenvalue weighted by Gasteiger charge is 2.05. The summed E-state index contributed by atoms with van der Waals surface area (Å²) in [6.45, 7) is 3.29. The predicted octanol–water partition coefficient (Wildman–Crippen LogP) is 3.75. The van der Waals surface area contributed by atoms with Crippen LogP contribution < -0.4 is 19.5 Å². The lowest BCUT2D eigenvalue weighted by atomic mass is 10.2. The number of hydrogen-bond acceptors (Lipinski definition) is 5. The summed E-state index contributed by atoms with van der Waals surface area (Å²) in [6, 6.07) is 20.7. The molecule has 0 atom stereocenters. The molecule has 2 aromatic carbocycles. The van der Waals surface area contributed by atoms with E-state index >= 15 is 0 Å². The maximum Gasteiger partial charge on any atom is 0.258 e. The van der Waals surface area contributed by atoms with Gasteiger partial charge in [-0.2, -0.15) is 0 Å². The van der Waals surface area contributed by atoms with Crippen molar-refractivity contribution in [3.63, 3.8) is 0 Å².